The number of phenolic OH excluding ortho intramolecular Hbond substituents is 2. The SMILES string of the molecule is O=C(NCCn1cccn1)c1cc(O)cc(O)c1. The van der Waals surface area contributed by atoms with E-state index in [1.165, 1.54) is 18.2 Å². The second-order valence-electron chi connectivity index (χ2n) is 3.76. The molecule has 0 aliphatic heterocycles. The monoisotopic (exact) mass is 247 g/mol. The first-order valence-corrected chi connectivity index (χ1v) is 5.44. The van der Waals surface area contributed by atoms with Gasteiger partial charge in [-0.15, -0.1) is 0 Å². The first-order chi connectivity index (χ1) is 8.65. The van der Waals surface area contributed by atoms with Crippen molar-refractivity contribution in [3.8, 4) is 11.5 Å². The van der Waals surface area contributed by atoms with Gasteiger partial charge in [0.05, 0.1) is 6.54 Å². The van der Waals surface area contributed by atoms with Gasteiger partial charge < -0.3 is 15.5 Å². The topological polar surface area (TPSA) is 87.4 Å². The Morgan fingerprint density at radius 2 is 2.00 bits per heavy atom. The Morgan fingerprint density at radius 1 is 1.28 bits per heavy atom. The molecule has 0 bridgehead atoms. The van der Waals surface area contributed by atoms with Crippen LogP contribution < -0.4 is 5.32 Å². The normalized spacial score (nSPS) is 10.2. The zero-order chi connectivity index (χ0) is 13.0. The van der Waals surface area contributed by atoms with Crippen molar-refractivity contribution in [3.63, 3.8) is 0 Å². The van der Waals surface area contributed by atoms with Crippen LogP contribution in [0.2, 0.25) is 0 Å². The average Bonchev–Trinajstić information content (AvgIpc) is 2.80. The molecule has 0 aliphatic rings. The van der Waals surface area contributed by atoms with Gasteiger partial charge in [0.1, 0.15) is 11.5 Å². The summed E-state index contributed by atoms with van der Waals surface area (Å²) in [6.45, 7) is 0.973. The van der Waals surface area contributed by atoms with Gasteiger partial charge in [-0.05, 0) is 18.2 Å². The minimum atomic E-state index is -0.353. The van der Waals surface area contributed by atoms with E-state index in [4.69, 9.17) is 0 Å². The molecule has 6 heteroatoms. The van der Waals surface area contributed by atoms with E-state index in [2.05, 4.69) is 10.4 Å². The fourth-order valence-electron chi connectivity index (χ4n) is 1.55. The fourth-order valence-corrected chi connectivity index (χ4v) is 1.55. The second-order valence-corrected chi connectivity index (χ2v) is 3.76. The molecule has 0 aliphatic carbocycles. The minimum absolute atomic E-state index is 0.146. The summed E-state index contributed by atoms with van der Waals surface area (Å²) in [5.74, 6) is -0.646. The minimum Gasteiger partial charge on any atom is -0.508 e. The largest absolute Gasteiger partial charge is 0.508 e. The molecule has 1 amide bonds. The second kappa shape index (κ2) is 5.22. The van der Waals surface area contributed by atoms with E-state index < -0.39 is 0 Å². The quantitative estimate of drug-likeness (QED) is 0.743. The Labute approximate surface area is 103 Å². The highest BCUT2D eigenvalue weighted by Gasteiger charge is 2.07. The molecule has 0 unspecified atom stereocenters. The number of amides is 1. The number of nitrogens with one attached hydrogen (secondary N) is 1. The molecule has 1 heterocycles. The van der Waals surface area contributed by atoms with Gasteiger partial charge in [-0.1, -0.05) is 0 Å². The maximum absolute atomic E-state index is 11.7. The van der Waals surface area contributed by atoms with Crippen molar-refractivity contribution in [2.24, 2.45) is 0 Å². The summed E-state index contributed by atoms with van der Waals surface area (Å²) in [4.78, 5) is 11.7. The van der Waals surface area contributed by atoms with Gasteiger partial charge in [-0.25, -0.2) is 0 Å². The molecule has 18 heavy (non-hydrogen) atoms. The maximum atomic E-state index is 11.7. The van der Waals surface area contributed by atoms with E-state index in [-0.39, 0.29) is 23.0 Å². The van der Waals surface area contributed by atoms with E-state index >= 15 is 0 Å². The van der Waals surface area contributed by atoms with Gasteiger partial charge in [0, 0.05) is 30.6 Å². The summed E-state index contributed by atoms with van der Waals surface area (Å²) in [6.07, 6.45) is 3.46. The zero-order valence-corrected chi connectivity index (χ0v) is 9.58. The lowest BCUT2D eigenvalue weighted by atomic mass is 10.2. The van der Waals surface area contributed by atoms with Crippen molar-refractivity contribution in [2.75, 3.05) is 6.54 Å². The van der Waals surface area contributed by atoms with E-state index in [0.717, 1.165) is 0 Å². The number of carbonyl (C=O) groups excluding carboxylic acids is 1. The Hall–Kier alpha value is -2.50. The van der Waals surface area contributed by atoms with Crippen LogP contribution in [0.4, 0.5) is 0 Å². The summed E-state index contributed by atoms with van der Waals surface area (Å²) < 4.78 is 1.69. The number of phenols is 2. The Bertz CT molecular complexity index is 517. The van der Waals surface area contributed by atoms with Crippen molar-refractivity contribution in [1.29, 1.82) is 0 Å². The molecule has 1 aromatic carbocycles. The molecule has 0 atom stereocenters. The predicted molar refractivity (Wildman–Crippen MR) is 64.3 cm³/mol. The molecule has 1 aromatic heterocycles. The van der Waals surface area contributed by atoms with Gasteiger partial charge >= 0.3 is 0 Å². The summed E-state index contributed by atoms with van der Waals surface area (Å²) in [5.41, 5.74) is 0.216. The lowest BCUT2D eigenvalue weighted by molar-refractivity contribution is 0.0951. The number of aromatic hydroxyl groups is 2. The van der Waals surface area contributed by atoms with Crippen LogP contribution in [-0.2, 0) is 6.54 Å². The third kappa shape index (κ3) is 3.00. The summed E-state index contributed by atoms with van der Waals surface area (Å²) in [7, 11) is 0. The first-order valence-electron chi connectivity index (χ1n) is 5.44. The predicted octanol–water partition coefficient (Wildman–Crippen LogP) is 0.724. The molecule has 2 rings (SSSR count). The van der Waals surface area contributed by atoms with Crippen molar-refractivity contribution in [3.05, 3.63) is 42.2 Å². The molecule has 0 saturated heterocycles. The van der Waals surface area contributed by atoms with Crippen LogP contribution in [0.25, 0.3) is 0 Å². The van der Waals surface area contributed by atoms with Crippen molar-refractivity contribution in [2.45, 2.75) is 6.54 Å². The maximum Gasteiger partial charge on any atom is 0.251 e. The van der Waals surface area contributed by atoms with Crippen LogP contribution in [0.1, 0.15) is 10.4 Å². The number of hydrogen-bond acceptors (Lipinski definition) is 4. The van der Waals surface area contributed by atoms with Crippen LogP contribution in [0.3, 0.4) is 0 Å². The number of carbonyl (C=O) groups is 1. The highest BCUT2D eigenvalue weighted by Crippen LogP contribution is 2.20. The molecule has 0 saturated carbocycles. The summed E-state index contributed by atoms with van der Waals surface area (Å²) in [5, 5.41) is 25.2. The number of rotatable bonds is 4. The molecule has 0 spiro atoms. The molecule has 2 aromatic rings. The van der Waals surface area contributed by atoms with Crippen molar-refractivity contribution < 1.29 is 15.0 Å². The fraction of sp³-hybridized carbons (Fsp3) is 0.167. The zero-order valence-electron chi connectivity index (χ0n) is 9.58. The average molecular weight is 247 g/mol. The van der Waals surface area contributed by atoms with Crippen LogP contribution in [-0.4, -0.2) is 32.4 Å². The lowest BCUT2D eigenvalue weighted by Crippen LogP contribution is -2.27. The van der Waals surface area contributed by atoms with E-state index in [1.54, 1.807) is 23.1 Å². The highest BCUT2D eigenvalue weighted by molar-refractivity contribution is 5.94. The van der Waals surface area contributed by atoms with Gasteiger partial charge in [-0.2, -0.15) is 5.10 Å². The standard InChI is InChI=1S/C12H13N3O3/c16-10-6-9(7-11(17)8-10)12(18)13-3-5-15-4-1-2-14-15/h1-2,4,6-8,16-17H,3,5H2,(H,13,18). The smallest absolute Gasteiger partial charge is 0.251 e. The van der Waals surface area contributed by atoms with Crippen LogP contribution >= 0.6 is 0 Å². The molecule has 3 N–H and O–H groups in total. The van der Waals surface area contributed by atoms with Crippen LogP contribution in [0.15, 0.2) is 36.7 Å². The van der Waals surface area contributed by atoms with Crippen LogP contribution in [0.5, 0.6) is 11.5 Å². The molecule has 0 radical (unpaired) electrons. The summed E-state index contributed by atoms with van der Waals surface area (Å²) >= 11 is 0. The number of benzene rings is 1. The Kier molecular flexibility index (Phi) is 3.47. The van der Waals surface area contributed by atoms with Crippen LogP contribution in [0, 0.1) is 0 Å². The number of hydrogen-bond donors (Lipinski definition) is 3. The highest BCUT2D eigenvalue weighted by atomic mass is 16.3. The van der Waals surface area contributed by atoms with Gasteiger partial charge in [0.2, 0.25) is 0 Å². The molecule has 0 fully saturated rings. The Balaban J connectivity index is 1.91. The molecule has 94 valence electrons. The molecular formula is C12H13N3O3. The van der Waals surface area contributed by atoms with Crippen molar-refractivity contribution >= 4 is 5.91 Å². The van der Waals surface area contributed by atoms with E-state index in [1.807, 2.05) is 0 Å². The third-order valence-electron chi connectivity index (χ3n) is 2.35. The van der Waals surface area contributed by atoms with Gasteiger partial charge in [-0.3, -0.25) is 9.48 Å². The molecular weight excluding hydrogens is 234 g/mol. The molecule has 6 nitrogen and oxygen atoms in total. The van der Waals surface area contributed by atoms with Gasteiger partial charge in [0.25, 0.3) is 5.91 Å². The first kappa shape index (κ1) is 12.0. The third-order valence-corrected chi connectivity index (χ3v) is 2.35. The van der Waals surface area contributed by atoms with E-state index in [0.29, 0.717) is 13.1 Å². The summed E-state index contributed by atoms with van der Waals surface area (Å²) in [6, 6.07) is 5.56. The van der Waals surface area contributed by atoms with Gasteiger partial charge in [0.15, 0.2) is 0 Å². The lowest BCUT2D eigenvalue weighted by Gasteiger charge is -2.06. The number of aromatic nitrogens is 2. The van der Waals surface area contributed by atoms with Crippen molar-refractivity contribution in [1.82, 2.24) is 15.1 Å². The Morgan fingerprint density at radius 3 is 2.61 bits per heavy atom. The van der Waals surface area contributed by atoms with E-state index in [9.17, 15) is 15.0 Å². The number of nitrogens with zero attached hydrogens (tertiary/aromatic N) is 2.